The standard InChI is InChI=1S/C14H13PS4/c1-2-17-15(16,18-13-9-5-3-6-10-13)19-14-11-7-4-8-12-14/h2-12H,1H2. The van der Waals surface area contributed by atoms with Gasteiger partial charge in [0.2, 0.25) is 0 Å². The van der Waals surface area contributed by atoms with Crippen molar-refractivity contribution in [3.05, 3.63) is 72.7 Å². The van der Waals surface area contributed by atoms with E-state index in [1.807, 2.05) is 41.8 Å². The Labute approximate surface area is 131 Å². The Bertz CT molecular complexity index is 523. The summed E-state index contributed by atoms with van der Waals surface area (Å²) in [4.78, 5) is 2.45. The minimum atomic E-state index is -1.70. The second-order valence-electron chi connectivity index (χ2n) is 3.53. The van der Waals surface area contributed by atoms with Crippen LogP contribution in [0.15, 0.2) is 82.4 Å². The average molecular weight is 341 g/mol. The third-order valence-electron chi connectivity index (χ3n) is 2.12. The van der Waals surface area contributed by atoms with Gasteiger partial charge < -0.3 is 0 Å². The fourth-order valence-corrected chi connectivity index (χ4v) is 13.4. The molecule has 0 fully saturated rings. The molecule has 0 radical (unpaired) electrons. The summed E-state index contributed by atoms with van der Waals surface area (Å²) in [7, 11) is 0. The van der Waals surface area contributed by atoms with Crippen LogP contribution in [0.4, 0.5) is 0 Å². The molecule has 0 bridgehead atoms. The predicted molar refractivity (Wildman–Crippen MR) is 96.7 cm³/mol. The van der Waals surface area contributed by atoms with Gasteiger partial charge in [-0.15, -0.1) is 0 Å². The van der Waals surface area contributed by atoms with E-state index in [1.54, 1.807) is 34.1 Å². The van der Waals surface area contributed by atoms with E-state index in [9.17, 15) is 0 Å². The van der Waals surface area contributed by atoms with E-state index in [1.165, 1.54) is 9.79 Å². The van der Waals surface area contributed by atoms with E-state index in [-0.39, 0.29) is 0 Å². The summed E-state index contributed by atoms with van der Waals surface area (Å²) in [6, 6.07) is 20.7. The second kappa shape index (κ2) is 7.61. The smallest absolute Gasteiger partial charge is 0.0923 e. The number of rotatable bonds is 6. The molecule has 0 aliphatic carbocycles. The molecule has 5 heteroatoms. The first kappa shape index (κ1) is 15.3. The molecule has 0 spiro atoms. The van der Waals surface area contributed by atoms with Gasteiger partial charge in [0.1, 0.15) is 3.64 Å². The Hall–Kier alpha value is -0.120. The van der Waals surface area contributed by atoms with Crippen LogP contribution in [0.2, 0.25) is 0 Å². The van der Waals surface area contributed by atoms with Crippen molar-refractivity contribution in [1.29, 1.82) is 0 Å². The third kappa shape index (κ3) is 5.05. The number of hydrogen-bond acceptors (Lipinski definition) is 4. The molecule has 0 saturated heterocycles. The van der Waals surface area contributed by atoms with Crippen LogP contribution < -0.4 is 0 Å². The van der Waals surface area contributed by atoms with Crippen molar-refractivity contribution in [2.45, 2.75) is 9.79 Å². The van der Waals surface area contributed by atoms with Crippen LogP contribution in [-0.4, -0.2) is 0 Å². The zero-order valence-electron chi connectivity index (χ0n) is 10.1. The lowest BCUT2D eigenvalue weighted by Crippen LogP contribution is -1.70. The van der Waals surface area contributed by atoms with Crippen LogP contribution in [0, 0.1) is 0 Å². The van der Waals surface area contributed by atoms with E-state index >= 15 is 0 Å². The highest BCUT2D eigenvalue weighted by atomic mass is 33.5. The lowest BCUT2D eigenvalue weighted by molar-refractivity contribution is 1.48. The first-order chi connectivity index (χ1) is 9.22. The SMILES string of the molecule is C=CSP(=S)(Sc1ccccc1)Sc1ccccc1. The Kier molecular flexibility index (Phi) is 6.11. The van der Waals surface area contributed by atoms with Gasteiger partial charge in [-0.25, -0.2) is 0 Å². The van der Waals surface area contributed by atoms with Crippen molar-refractivity contribution in [2.75, 3.05) is 0 Å². The van der Waals surface area contributed by atoms with Crippen LogP contribution in [0.25, 0.3) is 0 Å². The molecule has 0 aliphatic rings. The highest BCUT2D eigenvalue weighted by molar-refractivity contribution is 9.23. The summed E-state index contributed by atoms with van der Waals surface area (Å²) < 4.78 is -1.70. The normalized spacial score (nSPS) is 11.2. The van der Waals surface area contributed by atoms with E-state index in [4.69, 9.17) is 11.8 Å². The highest BCUT2D eigenvalue weighted by Gasteiger charge is 2.20. The first-order valence-electron chi connectivity index (χ1n) is 5.60. The molecule has 19 heavy (non-hydrogen) atoms. The van der Waals surface area contributed by atoms with Crippen LogP contribution in [0.3, 0.4) is 0 Å². The van der Waals surface area contributed by atoms with Crippen molar-refractivity contribution in [2.24, 2.45) is 0 Å². The maximum absolute atomic E-state index is 5.89. The van der Waals surface area contributed by atoms with Crippen molar-refractivity contribution < 1.29 is 0 Å². The average Bonchev–Trinajstić information content (AvgIpc) is 2.41. The molecule has 0 unspecified atom stereocenters. The molecule has 98 valence electrons. The van der Waals surface area contributed by atoms with Gasteiger partial charge in [0.05, 0.1) is 0 Å². The molecule has 0 amide bonds. The second-order valence-corrected chi connectivity index (χ2v) is 18.7. The summed E-state index contributed by atoms with van der Waals surface area (Å²) in [5.41, 5.74) is 0. The fourth-order valence-electron chi connectivity index (χ4n) is 1.37. The summed E-state index contributed by atoms with van der Waals surface area (Å²) in [5.74, 6) is 0. The molecule has 2 aromatic rings. The van der Waals surface area contributed by atoms with Crippen LogP contribution in [-0.2, 0) is 11.8 Å². The molecule has 0 aliphatic heterocycles. The molecule has 2 aromatic carbocycles. The Morgan fingerprint density at radius 3 is 1.63 bits per heavy atom. The molecule has 0 N–H and O–H groups in total. The lowest BCUT2D eigenvalue weighted by atomic mass is 10.4. The number of benzene rings is 2. The van der Waals surface area contributed by atoms with Crippen molar-refractivity contribution in [1.82, 2.24) is 0 Å². The van der Waals surface area contributed by atoms with Gasteiger partial charge >= 0.3 is 0 Å². The first-order valence-corrected chi connectivity index (χ1v) is 12.7. The van der Waals surface area contributed by atoms with Crippen molar-refractivity contribution in [3.8, 4) is 0 Å². The molecular weight excluding hydrogens is 327 g/mol. The van der Waals surface area contributed by atoms with Gasteiger partial charge in [0.15, 0.2) is 0 Å². The molecule has 0 atom stereocenters. The summed E-state index contributed by atoms with van der Waals surface area (Å²) >= 11 is 11.2. The zero-order valence-corrected chi connectivity index (χ0v) is 14.3. The minimum absolute atomic E-state index is 1.23. The van der Waals surface area contributed by atoms with E-state index in [0.717, 1.165) is 0 Å². The molecular formula is C14H13PS4. The minimum Gasteiger partial charge on any atom is -0.0923 e. The maximum Gasteiger partial charge on any atom is 0.122 e. The van der Waals surface area contributed by atoms with Crippen LogP contribution in [0.1, 0.15) is 0 Å². The van der Waals surface area contributed by atoms with E-state index in [2.05, 4.69) is 30.8 Å². The van der Waals surface area contributed by atoms with Gasteiger partial charge in [0.25, 0.3) is 0 Å². The van der Waals surface area contributed by atoms with Gasteiger partial charge in [-0.05, 0) is 29.7 Å². The molecule has 0 nitrogen and oxygen atoms in total. The van der Waals surface area contributed by atoms with E-state index < -0.39 is 3.64 Å². The summed E-state index contributed by atoms with van der Waals surface area (Å²) in [5, 5.41) is 1.87. The van der Waals surface area contributed by atoms with Gasteiger partial charge in [-0.2, -0.15) is 0 Å². The Balaban J connectivity index is 2.18. The molecule has 0 heterocycles. The maximum atomic E-state index is 5.89. The quantitative estimate of drug-likeness (QED) is 0.538. The van der Waals surface area contributed by atoms with E-state index in [0.29, 0.717) is 0 Å². The zero-order chi connectivity index (χ0) is 13.6. The Morgan fingerprint density at radius 1 is 0.842 bits per heavy atom. The van der Waals surface area contributed by atoms with Crippen LogP contribution in [0.5, 0.6) is 0 Å². The van der Waals surface area contributed by atoms with Gasteiger partial charge in [-0.1, -0.05) is 88.9 Å². The largest absolute Gasteiger partial charge is 0.122 e. The van der Waals surface area contributed by atoms with Gasteiger partial charge in [0, 0.05) is 9.79 Å². The fraction of sp³-hybridized carbons (Fsp3) is 0. The predicted octanol–water partition coefficient (Wildman–Crippen LogP) is 6.67. The summed E-state index contributed by atoms with van der Waals surface area (Å²) in [6.07, 6.45) is 0. The topological polar surface area (TPSA) is 0 Å². The lowest BCUT2D eigenvalue weighted by Gasteiger charge is -2.18. The van der Waals surface area contributed by atoms with Crippen molar-refractivity contribution in [3.63, 3.8) is 0 Å². The molecule has 0 saturated carbocycles. The highest BCUT2D eigenvalue weighted by Crippen LogP contribution is 2.81. The van der Waals surface area contributed by atoms with Crippen molar-refractivity contribution >= 4 is 49.6 Å². The monoisotopic (exact) mass is 340 g/mol. The van der Waals surface area contributed by atoms with Gasteiger partial charge in [-0.3, -0.25) is 0 Å². The number of hydrogen-bond donors (Lipinski definition) is 0. The Morgan fingerprint density at radius 2 is 1.26 bits per heavy atom. The van der Waals surface area contributed by atoms with Crippen LogP contribution >= 0.6 is 37.8 Å². The molecule has 0 aromatic heterocycles. The third-order valence-corrected chi connectivity index (χ3v) is 14.1. The summed E-state index contributed by atoms with van der Waals surface area (Å²) in [6.45, 7) is 3.83. The molecule has 2 rings (SSSR count).